The first-order valence-electron chi connectivity index (χ1n) is 13.3. The van der Waals surface area contributed by atoms with Gasteiger partial charge in [-0.3, -0.25) is 14.4 Å². The van der Waals surface area contributed by atoms with E-state index in [0.717, 1.165) is 5.56 Å². The van der Waals surface area contributed by atoms with Gasteiger partial charge in [0.2, 0.25) is 17.7 Å². The van der Waals surface area contributed by atoms with Gasteiger partial charge < -0.3 is 31.2 Å². The van der Waals surface area contributed by atoms with Crippen LogP contribution in [0.4, 0.5) is 0 Å². The van der Waals surface area contributed by atoms with Crippen LogP contribution < -0.4 is 21.7 Å². The predicted molar refractivity (Wildman–Crippen MR) is 147 cm³/mol. The number of carbonyl (C=O) groups is 5. The molecule has 0 aromatic heterocycles. The van der Waals surface area contributed by atoms with E-state index in [2.05, 4.69) is 16.0 Å². The third kappa shape index (κ3) is 15.1. The second kappa shape index (κ2) is 19.8. The number of esters is 1. The summed E-state index contributed by atoms with van der Waals surface area (Å²) in [6.07, 6.45) is 1.50. The Kier molecular flexibility index (Phi) is 18.1. The van der Waals surface area contributed by atoms with Crippen LogP contribution in [0.25, 0.3) is 0 Å². The zero-order valence-electron chi connectivity index (χ0n) is 23.7. The first kappa shape index (κ1) is 34.7. The molecule has 0 aliphatic carbocycles. The maximum Gasteiger partial charge on any atom is 0.328 e. The molecule has 10 nitrogen and oxygen atoms in total. The van der Waals surface area contributed by atoms with Crippen molar-refractivity contribution in [3.63, 3.8) is 0 Å². The minimum atomic E-state index is -1.03. The highest BCUT2D eigenvalue weighted by Gasteiger charge is 2.30. The zero-order chi connectivity index (χ0) is 29.1. The third-order valence-electron chi connectivity index (χ3n) is 5.29. The average Bonchev–Trinajstić information content (AvgIpc) is 2.86. The Balaban J connectivity index is 0.00000667. The highest BCUT2D eigenvalue weighted by molar-refractivity contribution is 5.93. The fourth-order valence-electron chi connectivity index (χ4n) is 3.52. The smallest absolute Gasteiger partial charge is 0.328 e. The summed E-state index contributed by atoms with van der Waals surface area (Å²) in [5.41, 5.74) is 6.43. The Bertz CT molecular complexity index is 875. The van der Waals surface area contributed by atoms with Crippen LogP contribution in [0.1, 0.15) is 79.2 Å². The van der Waals surface area contributed by atoms with Crippen LogP contribution in [-0.4, -0.2) is 60.2 Å². The first-order valence-corrected chi connectivity index (χ1v) is 13.3. The SMILES string of the molecule is CC.CC(=O)CCC(NC(=O)[C@H](CCCCN)NC(=O)C(Cc1ccccc1)NC(C)=O)C(=O)OC(C)C. The maximum absolute atomic E-state index is 13.2. The van der Waals surface area contributed by atoms with Crippen molar-refractivity contribution >= 4 is 29.5 Å². The van der Waals surface area contributed by atoms with Crippen LogP contribution in [0.5, 0.6) is 0 Å². The Morgan fingerprint density at radius 3 is 1.92 bits per heavy atom. The predicted octanol–water partition coefficient (Wildman–Crippen LogP) is 2.18. The molecule has 214 valence electrons. The number of ether oxygens (including phenoxy) is 1. The van der Waals surface area contributed by atoms with Gasteiger partial charge >= 0.3 is 5.97 Å². The molecule has 1 aromatic carbocycles. The molecule has 2 unspecified atom stereocenters. The fourth-order valence-corrected chi connectivity index (χ4v) is 3.52. The van der Waals surface area contributed by atoms with Crippen molar-refractivity contribution < 1.29 is 28.7 Å². The molecule has 1 rings (SSSR count). The molecule has 0 radical (unpaired) electrons. The van der Waals surface area contributed by atoms with Crippen LogP contribution >= 0.6 is 0 Å². The molecule has 0 heterocycles. The minimum Gasteiger partial charge on any atom is -0.461 e. The van der Waals surface area contributed by atoms with Crippen molar-refractivity contribution in [3.8, 4) is 0 Å². The van der Waals surface area contributed by atoms with Crippen LogP contribution in [-0.2, 0) is 35.1 Å². The Morgan fingerprint density at radius 2 is 1.39 bits per heavy atom. The van der Waals surface area contributed by atoms with Gasteiger partial charge in [-0.05, 0) is 58.6 Å². The lowest BCUT2D eigenvalue weighted by molar-refractivity contribution is -0.152. The number of unbranched alkanes of at least 4 members (excludes halogenated alkanes) is 1. The molecule has 0 saturated carbocycles. The summed E-state index contributed by atoms with van der Waals surface area (Å²) in [7, 11) is 0. The molecule has 0 aliphatic heterocycles. The number of rotatable bonds is 16. The lowest BCUT2D eigenvalue weighted by atomic mass is 10.0. The summed E-state index contributed by atoms with van der Waals surface area (Å²) in [4.78, 5) is 62.1. The molecule has 10 heteroatoms. The average molecular weight is 535 g/mol. The van der Waals surface area contributed by atoms with Crippen molar-refractivity contribution in [1.29, 1.82) is 0 Å². The highest BCUT2D eigenvalue weighted by atomic mass is 16.5. The van der Waals surface area contributed by atoms with E-state index in [0.29, 0.717) is 19.4 Å². The van der Waals surface area contributed by atoms with Crippen molar-refractivity contribution in [2.24, 2.45) is 5.73 Å². The number of benzene rings is 1. The first-order chi connectivity index (χ1) is 18.0. The Morgan fingerprint density at radius 1 is 0.816 bits per heavy atom. The Labute approximate surface area is 226 Å². The van der Waals surface area contributed by atoms with Crippen LogP contribution in [0.2, 0.25) is 0 Å². The van der Waals surface area contributed by atoms with E-state index in [4.69, 9.17) is 10.5 Å². The molecular formula is C28H46N4O6. The van der Waals surface area contributed by atoms with Crippen LogP contribution in [0.3, 0.4) is 0 Å². The Hall–Kier alpha value is -3.27. The van der Waals surface area contributed by atoms with E-state index in [1.54, 1.807) is 13.8 Å². The molecule has 3 atom stereocenters. The number of nitrogens with one attached hydrogen (secondary N) is 3. The van der Waals surface area contributed by atoms with E-state index in [-0.39, 0.29) is 37.4 Å². The zero-order valence-corrected chi connectivity index (χ0v) is 23.7. The normalized spacial score (nSPS) is 12.7. The van der Waals surface area contributed by atoms with Crippen molar-refractivity contribution in [3.05, 3.63) is 35.9 Å². The number of Topliss-reactive ketones (excluding diaryl/α,β-unsaturated/α-hetero) is 1. The fraction of sp³-hybridized carbons (Fsp3) is 0.607. The van der Waals surface area contributed by atoms with Gasteiger partial charge in [0, 0.05) is 19.8 Å². The molecule has 38 heavy (non-hydrogen) atoms. The van der Waals surface area contributed by atoms with Gasteiger partial charge in [0.05, 0.1) is 6.10 Å². The third-order valence-corrected chi connectivity index (χ3v) is 5.29. The molecule has 0 saturated heterocycles. The second-order valence-corrected chi connectivity index (χ2v) is 9.08. The number of ketones is 1. The molecule has 5 N–H and O–H groups in total. The van der Waals surface area contributed by atoms with Gasteiger partial charge in [0.15, 0.2) is 0 Å². The lowest BCUT2D eigenvalue weighted by Gasteiger charge is -2.25. The van der Waals surface area contributed by atoms with Crippen molar-refractivity contribution in [2.75, 3.05) is 6.54 Å². The quantitative estimate of drug-likeness (QED) is 0.187. The van der Waals surface area contributed by atoms with Gasteiger partial charge in [-0.1, -0.05) is 44.2 Å². The number of hydrogen-bond acceptors (Lipinski definition) is 7. The summed E-state index contributed by atoms with van der Waals surface area (Å²) in [5, 5.41) is 8.00. The van der Waals surface area contributed by atoms with Gasteiger partial charge in [-0.25, -0.2) is 4.79 Å². The topological polar surface area (TPSA) is 157 Å². The van der Waals surface area contributed by atoms with Crippen molar-refractivity contribution in [2.45, 2.75) is 104 Å². The van der Waals surface area contributed by atoms with E-state index in [1.807, 2.05) is 44.2 Å². The van der Waals surface area contributed by atoms with E-state index in [9.17, 15) is 24.0 Å². The minimum absolute atomic E-state index is 0.0820. The standard InChI is InChI=1S/C26H40N4O6.C2H6/c1-17(2)36-26(35)22(14-13-18(3)31)30-24(33)21(12-8-9-15-27)29-25(34)23(28-19(4)32)16-20-10-6-5-7-11-20;1-2/h5-7,10-11,17,21-23H,8-9,12-16,27H2,1-4H3,(H,28,32)(H,29,34)(H,30,33);1-2H3/t21-,22?,23?;/m0./s1. The van der Waals surface area contributed by atoms with Crippen LogP contribution in [0, 0.1) is 0 Å². The van der Waals surface area contributed by atoms with Gasteiger partial charge in [0.25, 0.3) is 0 Å². The molecular weight excluding hydrogens is 488 g/mol. The van der Waals surface area contributed by atoms with Crippen molar-refractivity contribution in [1.82, 2.24) is 16.0 Å². The molecule has 0 spiro atoms. The summed E-state index contributed by atoms with van der Waals surface area (Å²) in [6.45, 7) is 10.5. The van der Waals surface area contributed by atoms with Gasteiger partial charge in [-0.15, -0.1) is 0 Å². The number of carbonyl (C=O) groups excluding carboxylic acids is 5. The summed E-state index contributed by atoms with van der Waals surface area (Å²) in [5.74, 6) is -2.25. The van der Waals surface area contributed by atoms with E-state index in [1.165, 1.54) is 13.8 Å². The highest BCUT2D eigenvalue weighted by Crippen LogP contribution is 2.09. The van der Waals surface area contributed by atoms with Gasteiger partial charge in [-0.2, -0.15) is 0 Å². The summed E-state index contributed by atoms with van der Waals surface area (Å²) >= 11 is 0. The molecule has 3 amide bonds. The molecule has 1 aromatic rings. The number of nitrogens with two attached hydrogens (primary N) is 1. The van der Waals surface area contributed by atoms with E-state index >= 15 is 0 Å². The molecule has 0 fully saturated rings. The lowest BCUT2D eigenvalue weighted by Crippen LogP contribution is -2.56. The largest absolute Gasteiger partial charge is 0.461 e. The maximum atomic E-state index is 13.2. The van der Waals surface area contributed by atoms with Crippen LogP contribution in [0.15, 0.2) is 30.3 Å². The molecule has 0 aliphatic rings. The summed E-state index contributed by atoms with van der Waals surface area (Å²) < 4.78 is 5.24. The number of amides is 3. The summed E-state index contributed by atoms with van der Waals surface area (Å²) in [6, 6.07) is 6.30. The molecule has 0 bridgehead atoms. The second-order valence-electron chi connectivity index (χ2n) is 9.08. The van der Waals surface area contributed by atoms with E-state index < -0.39 is 42.0 Å². The number of hydrogen-bond donors (Lipinski definition) is 4. The monoisotopic (exact) mass is 534 g/mol. The van der Waals surface area contributed by atoms with Gasteiger partial charge in [0.1, 0.15) is 23.9 Å².